The van der Waals surface area contributed by atoms with Gasteiger partial charge in [-0.2, -0.15) is 0 Å². The second kappa shape index (κ2) is 6.27. The standard InChI is InChI=1S/C15H14N2O2S/c16-14(20)11-2-1-3-12(8-11)15(19)17-13-6-4-10(9-18)5-7-13/h1-8,18H,9H2,(H2,16,20)(H,17,19). The molecule has 0 saturated heterocycles. The summed E-state index contributed by atoms with van der Waals surface area (Å²) >= 11 is 4.89. The average molecular weight is 286 g/mol. The Morgan fingerprint density at radius 2 is 1.80 bits per heavy atom. The molecule has 0 saturated carbocycles. The molecule has 0 unspecified atom stereocenters. The van der Waals surface area contributed by atoms with Crippen LogP contribution >= 0.6 is 12.2 Å². The number of thiocarbonyl (C=S) groups is 1. The topological polar surface area (TPSA) is 75.4 Å². The lowest BCUT2D eigenvalue weighted by Crippen LogP contribution is -2.14. The van der Waals surface area contributed by atoms with Gasteiger partial charge in [0.15, 0.2) is 0 Å². The number of rotatable bonds is 4. The van der Waals surface area contributed by atoms with Crippen LogP contribution in [0.15, 0.2) is 48.5 Å². The summed E-state index contributed by atoms with van der Waals surface area (Å²) in [6, 6.07) is 13.8. The molecule has 0 spiro atoms. The Bertz CT molecular complexity index is 639. The van der Waals surface area contributed by atoms with Crippen LogP contribution in [0.1, 0.15) is 21.5 Å². The molecule has 4 N–H and O–H groups in total. The zero-order chi connectivity index (χ0) is 14.5. The highest BCUT2D eigenvalue weighted by Gasteiger charge is 2.07. The van der Waals surface area contributed by atoms with Crippen molar-refractivity contribution in [1.82, 2.24) is 0 Å². The van der Waals surface area contributed by atoms with Crippen molar-refractivity contribution in [3.63, 3.8) is 0 Å². The maximum Gasteiger partial charge on any atom is 0.255 e. The average Bonchev–Trinajstić information content (AvgIpc) is 2.48. The predicted molar refractivity (Wildman–Crippen MR) is 82.6 cm³/mol. The zero-order valence-corrected chi connectivity index (χ0v) is 11.5. The Kier molecular flexibility index (Phi) is 4.45. The molecule has 2 aromatic rings. The van der Waals surface area contributed by atoms with E-state index in [9.17, 15) is 4.79 Å². The van der Waals surface area contributed by atoms with E-state index in [1.165, 1.54) is 0 Å². The first-order valence-electron chi connectivity index (χ1n) is 6.01. The molecule has 0 aliphatic heterocycles. The van der Waals surface area contributed by atoms with Crippen molar-refractivity contribution in [2.24, 2.45) is 5.73 Å². The van der Waals surface area contributed by atoms with Crippen molar-refractivity contribution in [2.45, 2.75) is 6.61 Å². The van der Waals surface area contributed by atoms with Crippen molar-refractivity contribution >= 4 is 28.8 Å². The van der Waals surface area contributed by atoms with Crippen LogP contribution in [0.3, 0.4) is 0 Å². The predicted octanol–water partition coefficient (Wildman–Crippen LogP) is 2.07. The van der Waals surface area contributed by atoms with E-state index in [-0.39, 0.29) is 17.5 Å². The van der Waals surface area contributed by atoms with E-state index in [2.05, 4.69) is 5.32 Å². The molecule has 4 nitrogen and oxygen atoms in total. The molecule has 2 aromatic carbocycles. The lowest BCUT2D eigenvalue weighted by molar-refractivity contribution is 0.102. The summed E-state index contributed by atoms with van der Waals surface area (Å²) in [6.07, 6.45) is 0. The van der Waals surface area contributed by atoms with E-state index >= 15 is 0 Å². The van der Waals surface area contributed by atoms with Crippen molar-refractivity contribution in [1.29, 1.82) is 0 Å². The molecule has 0 fully saturated rings. The summed E-state index contributed by atoms with van der Waals surface area (Å²) in [5.41, 5.74) is 8.14. The van der Waals surface area contributed by atoms with E-state index in [0.29, 0.717) is 16.8 Å². The lowest BCUT2D eigenvalue weighted by Gasteiger charge is -2.07. The number of nitrogens with two attached hydrogens (primary N) is 1. The largest absolute Gasteiger partial charge is 0.392 e. The Hall–Kier alpha value is -2.24. The summed E-state index contributed by atoms with van der Waals surface area (Å²) in [4.78, 5) is 12.4. The van der Waals surface area contributed by atoms with Crippen LogP contribution in [-0.2, 0) is 6.61 Å². The third-order valence-corrected chi connectivity index (χ3v) is 3.04. The fourth-order valence-electron chi connectivity index (χ4n) is 1.71. The number of aliphatic hydroxyl groups excluding tert-OH is 1. The Morgan fingerprint density at radius 3 is 2.40 bits per heavy atom. The van der Waals surface area contributed by atoms with Gasteiger partial charge in [0, 0.05) is 16.8 Å². The lowest BCUT2D eigenvalue weighted by atomic mass is 10.1. The van der Waals surface area contributed by atoms with E-state index in [1.807, 2.05) is 0 Å². The Labute approximate surface area is 122 Å². The summed E-state index contributed by atoms with van der Waals surface area (Å²) in [5, 5.41) is 11.7. The minimum Gasteiger partial charge on any atom is -0.392 e. The number of nitrogens with one attached hydrogen (secondary N) is 1. The number of carbonyl (C=O) groups is 1. The molecule has 102 valence electrons. The number of amides is 1. The van der Waals surface area contributed by atoms with E-state index in [4.69, 9.17) is 23.1 Å². The highest BCUT2D eigenvalue weighted by atomic mass is 32.1. The van der Waals surface area contributed by atoms with Crippen LogP contribution in [0.5, 0.6) is 0 Å². The van der Waals surface area contributed by atoms with Crippen LogP contribution < -0.4 is 11.1 Å². The molecule has 20 heavy (non-hydrogen) atoms. The number of carbonyl (C=O) groups excluding carboxylic acids is 1. The molecule has 0 atom stereocenters. The third kappa shape index (κ3) is 3.40. The maximum atomic E-state index is 12.1. The molecule has 0 aromatic heterocycles. The normalized spacial score (nSPS) is 10.1. The molecule has 5 heteroatoms. The van der Waals surface area contributed by atoms with Crippen molar-refractivity contribution in [2.75, 3.05) is 5.32 Å². The number of anilines is 1. The van der Waals surface area contributed by atoms with Crippen LogP contribution in [-0.4, -0.2) is 16.0 Å². The minimum atomic E-state index is -0.236. The van der Waals surface area contributed by atoms with Gasteiger partial charge in [-0.05, 0) is 29.8 Å². The fourth-order valence-corrected chi connectivity index (χ4v) is 1.84. The molecule has 0 radical (unpaired) electrons. The molecule has 0 aliphatic carbocycles. The van der Waals surface area contributed by atoms with Gasteiger partial charge >= 0.3 is 0 Å². The second-order valence-electron chi connectivity index (χ2n) is 4.25. The third-order valence-electron chi connectivity index (χ3n) is 2.80. The van der Waals surface area contributed by atoms with Gasteiger partial charge in [-0.25, -0.2) is 0 Å². The van der Waals surface area contributed by atoms with Crippen LogP contribution in [0, 0.1) is 0 Å². The number of hydrogen-bond acceptors (Lipinski definition) is 3. The van der Waals surface area contributed by atoms with Gasteiger partial charge in [-0.15, -0.1) is 0 Å². The molecule has 1 amide bonds. The van der Waals surface area contributed by atoms with Crippen molar-refractivity contribution < 1.29 is 9.90 Å². The van der Waals surface area contributed by atoms with Crippen LogP contribution in [0.25, 0.3) is 0 Å². The van der Waals surface area contributed by atoms with Gasteiger partial charge in [0.25, 0.3) is 5.91 Å². The minimum absolute atomic E-state index is 0.0236. The van der Waals surface area contributed by atoms with Crippen molar-refractivity contribution in [3.8, 4) is 0 Å². The maximum absolute atomic E-state index is 12.1. The summed E-state index contributed by atoms with van der Waals surface area (Å²) in [6.45, 7) is -0.0236. The van der Waals surface area contributed by atoms with Crippen molar-refractivity contribution in [3.05, 3.63) is 65.2 Å². The van der Waals surface area contributed by atoms with E-state index in [1.54, 1.807) is 48.5 Å². The molecule has 2 rings (SSSR count). The first kappa shape index (κ1) is 14.2. The summed E-state index contributed by atoms with van der Waals surface area (Å²) in [5.74, 6) is -0.236. The van der Waals surface area contributed by atoms with Gasteiger partial charge in [-0.1, -0.05) is 36.5 Å². The first-order valence-corrected chi connectivity index (χ1v) is 6.42. The van der Waals surface area contributed by atoms with E-state index in [0.717, 1.165) is 5.56 Å². The molecular formula is C15H14N2O2S. The molecular weight excluding hydrogens is 272 g/mol. The SMILES string of the molecule is NC(=S)c1cccc(C(=O)Nc2ccc(CO)cc2)c1. The Balaban J connectivity index is 2.14. The fraction of sp³-hybridized carbons (Fsp3) is 0.0667. The smallest absolute Gasteiger partial charge is 0.255 e. The second-order valence-corrected chi connectivity index (χ2v) is 4.69. The highest BCUT2D eigenvalue weighted by molar-refractivity contribution is 7.80. The highest BCUT2D eigenvalue weighted by Crippen LogP contribution is 2.12. The van der Waals surface area contributed by atoms with Gasteiger partial charge in [-0.3, -0.25) is 4.79 Å². The van der Waals surface area contributed by atoms with Crippen LogP contribution in [0.4, 0.5) is 5.69 Å². The molecule has 0 heterocycles. The number of benzene rings is 2. The monoisotopic (exact) mass is 286 g/mol. The van der Waals surface area contributed by atoms with Gasteiger partial charge < -0.3 is 16.2 Å². The Morgan fingerprint density at radius 1 is 1.15 bits per heavy atom. The van der Waals surface area contributed by atoms with Gasteiger partial charge in [0.1, 0.15) is 4.99 Å². The summed E-state index contributed by atoms with van der Waals surface area (Å²) < 4.78 is 0. The van der Waals surface area contributed by atoms with Gasteiger partial charge in [0.05, 0.1) is 6.61 Å². The number of hydrogen-bond donors (Lipinski definition) is 3. The molecule has 0 bridgehead atoms. The van der Waals surface area contributed by atoms with E-state index < -0.39 is 0 Å². The quantitative estimate of drug-likeness (QED) is 0.752. The first-order chi connectivity index (χ1) is 9.60. The van der Waals surface area contributed by atoms with Crippen LogP contribution in [0.2, 0.25) is 0 Å². The summed E-state index contributed by atoms with van der Waals surface area (Å²) in [7, 11) is 0. The number of aliphatic hydroxyl groups is 1. The molecule has 0 aliphatic rings. The zero-order valence-electron chi connectivity index (χ0n) is 10.7. The van der Waals surface area contributed by atoms with Gasteiger partial charge in [0.2, 0.25) is 0 Å².